The molecule has 3 rings (SSSR count). The molecule has 0 aromatic heterocycles. The van der Waals surface area contributed by atoms with Gasteiger partial charge in [0.05, 0.1) is 7.11 Å². The van der Waals surface area contributed by atoms with Crippen LogP contribution in [0.15, 0.2) is 18.2 Å². The number of carbonyl (C=O) groups is 2. The molecular weight excluding hydrogens is 365 g/mol. The van der Waals surface area contributed by atoms with E-state index in [2.05, 4.69) is 0 Å². The lowest BCUT2D eigenvalue weighted by Gasteiger charge is -2.43. The fraction of sp³-hybridized carbons (Fsp3) is 0.600. The molecule has 1 aromatic rings. The Morgan fingerprint density at radius 3 is 2.61 bits per heavy atom. The van der Waals surface area contributed by atoms with Crippen LogP contribution in [0.25, 0.3) is 0 Å². The summed E-state index contributed by atoms with van der Waals surface area (Å²) in [6.45, 7) is 4.80. The van der Waals surface area contributed by atoms with Crippen LogP contribution >= 0.6 is 0 Å². The minimum absolute atomic E-state index is 0.0404. The van der Waals surface area contributed by atoms with E-state index < -0.39 is 11.4 Å². The van der Waals surface area contributed by atoms with Crippen molar-refractivity contribution in [3.8, 4) is 5.75 Å². The second-order valence-electron chi connectivity index (χ2n) is 7.60. The van der Waals surface area contributed by atoms with E-state index in [1.165, 1.54) is 24.1 Å². The number of hydrogen-bond acceptors (Lipinski definition) is 5. The Balaban J connectivity index is 1.65. The quantitative estimate of drug-likeness (QED) is 0.803. The molecule has 28 heavy (non-hydrogen) atoms. The minimum Gasteiger partial charge on any atom is -0.497 e. The first kappa shape index (κ1) is 20.5. The zero-order valence-corrected chi connectivity index (χ0v) is 16.5. The molecule has 2 fully saturated rings. The van der Waals surface area contributed by atoms with Crippen LogP contribution in [0.4, 0.5) is 4.39 Å². The third-order valence-corrected chi connectivity index (χ3v) is 5.62. The second-order valence-corrected chi connectivity index (χ2v) is 7.60. The van der Waals surface area contributed by atoms with Crippen LogP contribution in [0.1, 0.15) is 25.3 Å². The molecule has 0 unspecified atom stereocenters. The Bertz CT molecular complexity index is 736. The highest BCUT2D eigenvalue weighted by atomic mass is 19.1. The topological polar surface area (TPSA) is 73.3 Å². The smallest absolute Gasteiger partial charge is 0.256 e. The standard InChI is InChI=1S/C20H28FN3O4/c1-15(25)23-10-8-22(9-11-23)14-20(27)6-3-7-24(19(20)26)13-16-12-17(28-2)4-5-18(16)21/h4-5,12,27H,3,6-11,13-14H2,1-2H3/t20-/m0/s1. The van der Waals surface area contributed by atoms with Gasteiger partial charge in [-0.3, -0.25) is 14.5 Å². The maximum atomic E-state index is 14.2. The van der Waals surface area contributed by atoms with Crippen molar-refractivity contribution < 1.29 is 23.8 Å². The lowest BCUT2D eigenvalue weighted by molar-refractivity contribution is -0.161. The lowest BCUT2D eigenvalue weighted by atomic mass is 9.90. The summed E-state index contributed by atoms with van der Waals surface area (Å²) in [4.78, 5) is 29.8. The van der Waals surface area contributed by atoms with Gasteiger partial charge in [0.1, 0.15) is 11.6 Å². The summed E-state index contributed by atoms with van der Waals surface area (Å²) in [6, 6.07) is 4.44. The van der Waals surface area contributed by atoms with Crippen molar-refractivity contribution in [2.45, 2.75) is 31.9 Å². The van der Waals surface area contributed by atoms with Crippen LogP contribution in [0, 0.1) is 5.82 Å². The number of carbonyl (C=O) groups excluding carboxylic acids is 2. The summed E-state index contributed by atoms with van der Waals surface area (Å²) >= 11 is 0. The third kappa shape index (κ3) is 4.44. The average Bonchev–Trinajstić information content (AvgIpc) is 2.67. The molecule has 154 valence electrons. The fourth-order valence-electron chi connectivity index (χ4n) is 3.96. The predicted molar refractivity (Wildman–Crippen MR) is 101 cm³/mol. The Hall–Kier alpha value is -2.19. The van der Waals surface area contributed by atoms with Gasteiger partial charge in [0.15, 0.2) is 5.60 Å². The normalized spacial score (nSPS) is 23.8. The molecule has 1 atom stereocenters. The van der Waals surface area contributed by atoms with Gasteiger partial charge in [-0.15, -0.1) is 0 Å². The van der Waals surface area contributed by atoms with Crippen LogP contribution in [0.2, 0.25) is 0 Å². The first-order valence-electron chi connectivity index (χ1n) is 9.64. The van der Waals surface area contributed by atoms with Crippen LogP contribution in [-0.2, 0) is 16.1 Å². The highest BCUT2D eigenvalue weighted by Crippen LogP contribution is 2.27. The number of piperazine rings is 1. The van der Waals surface area contributed by atoms with Gasteiger partial charge in [0.25, 0.3) is 5.91 Å². The first-order valence-corrected chi connectivity index (χ1v) is 9.64. The molecule has 0 aliphatic carbocycles. The number of halogens is 1. The van der Waals surface area contributed by atoms with E-state index in [0.29, 0.717) is 56.9 Å². The zero-order chi connectivity index (χ0) is 20.3. The summed E-state index contributed by atoms with van der Waals surface area (Å²) in [5.41, 5.74) is -1.11. The highest BCUT2D eigenvalue weighted by molar-refractivity contribution is 5.86. The number of methoxy groups -OCH3 is 1. The molecule has 2 aliphatic rings. The van der Waals surface area contributed by atoms with Crippen molar-refractivity contribution in [3.63, 3.8) is 0 Å². The molecule has 2 heterocycles. The molecule has 7 nitrogen and oxygen atoms in total. The summed E-state index contributed by atoms with van der Waals surface area (Å²) in [7, 11) is 1.51. The molecule has 2 amide bonds. The number of aliphatic hydroxyl groups is 1. The van der Waals surface area contributed by atoms with Gasteiger partial charge in [-0.2, -0.15) is 0 Å². The summed E-state index contributed by atoms with van der Waals surface area (Å²) < 4.78 is 19.3. The van der Waals surface area contributed by atoms with Gasteiger partial charge < -0.3 is 19.6 Å². The van der Waals surface area contributed by atoms with Crippen LogP contribution in [0.3, 0.4) is 0 Å². The SMILES string of the molecule is COc1ccc(F)c(CN2CCC[C@](O)(CN3CCN(C(C)=O)CC3)C2=O)c1. The van der Waals surface area contributed by atoms with Gasteiger partial charge in [-0.25, -0.2) is 4.39 Å². The molecule has 0 spiro atoms. The Labute approximate surface area is 164 Å². The molecule has 2 saturated heterocycles. The molecule has 0 saturated carbocycles. The van der Waals surface area contributed by atoms with Crippen molar-refractivity contribution in [1.29, 1.82) is 0 Å². The molecule has 1 aromatic carbocycles. The number of β-amino-alcohol motifs (C(OH)–C–C–N with tert-alkyl or cyclic N) is 1. The summed E-state index contributed by atoms with van der Waals surface area (Å²) in [6.07, 6.45) is 1.04. The van der Waals surface area contributed by atoms with Gasteiger partial charge in [0, 0.05) is 58.3 Å². The van der Waals surface area contributed by atoms with Crippen LogP contribution < -0.4 is 4.74 Å². The van der Waals surface area contributed by atoms with Crippen LogP contribution in [-0.4, -0.2) is 83.6 Å². The number of likely N-dealkylation sites (tertiary alicyclic amines) is 1. The molecule has 8 heteroatoms. The average molecular weight is 393 g/mol. The monoisotopic (exact) mass is 393 g/mol. The van der Waals surface area contributed by atoms with Crippen molar-refractivity contribution in [2.75, 3.05) is 46.4 Å². The molecule has 0 radical (unpaired) electrons. The predicted octanol–water partition coefficient (Wildman–Crippen LogP) is 0.852. The second kappa shape index (κ2) is 8.45. The fourth-order valence-corrected chi connectivity index (χ4v) is 3.96. The number of nitrogens with zero attached hydrogens (tertiary/aromatic N) is 3. The van der Waals surface area contributed by atoms with Crippen molar-refractivity contribution in [2.24, 2.45) is 0 Å². The number of amides is 2. The van der Waals surface area contributed by atoms with Crippen molar-refractivity contribution in [1.82, 2.24) is 14.7 Å². The highest BCUT2D eigenvalue weighted by Gasteiger charge is 2.43. The summed E-state index contributed by atoms with van der Waals surface area (Å²) in [5.74, 6) is -0.198. The first-order chi connectivity index (χ1) is 13.3. The van der Waals surface area contributed by atoms with Gasteiger partial charge in [0.2, 0.25) is 5.91 Å². The molecule has 1 N–H and O–H groups in total. The van der Waals surface area contributed by atoms with E-state index >= 15 is 0 Å². The molecule has 2 aliphatic heterocycles. The maximum Gasteiger partial charge on any atom is 0.256 e. The minimum atomic E-state index is -1.48. The van der Waals surface area contributed by atoms with E-state index in [9.17, 15) is 19.1 Å². The van der Waals surface area contributed by atoms with Crippen molar-refractivity contribution >= 4 is 11.8 Å². The molecular formula is C20H28FN3O4. The summed E-state index contributed by atoms with van der Waals surface area (Å²) in [5, 5.41) is 11.1. The number of ether oxygens (including phenoxy) is 1. The third-order valence-electron chi connectivity index (χ3n) is 5.62. The van der Waals surface area contributed by atoms with E-state index in [4.69, 9.17) is 4.74 Å². The van der Waals surface area contributed by atoms with Crippen LogP contribution in [0.5, 0.6) is 5.75 Å². The lowest BCUT2D eigenvalue weighted by Crippen LogP contribution is -2.60. The van der Waals surface area contributed by atoms with Crippen molar-refractivity contribution in [3.05, 3.63) is 29.6 Å². The molecule has 0 bridgehead atoms. The van der Waals surface area contributed by atoms with E-state index in [-0.39, 0.29) is 24.9 Å². The largest absolute Gasteiger partial charge is 0.497 e. The number of rotatable bonds is 5. The number of benzene rings is 1. The van der Waals surface area contributed by atoms with E-state index in [0.717, 1.165) is 0 Å². The Morgan fingerprint density at radius 1 is 1.25 bits per heavy atom. The van der Waals surface area contributed by atoms with Gasteiger partial charge in [-0.05, 0) is 31.0 Å². The van der Waals surface area contributed by atoms with Gasteiger partial charge in [-0.1, -0.05) is 0 Å². The number of piperidine rings is 1. The zero-order valence-electron chi connectivity index (χ0n) is 16.5. The Morgan fingerprint density at radius 2 is 1.96 bits per heavy atom. The maximum absolute atomic E-state index is 14.2. The van der Waals surface area contributed by atoms with E-state index in [1.54, 1.807) is 17.9 Å². The Kier molecular flexibility index (Phi) is 6.20. The van der Waals surface area contributed by atoms with E-state index in [1.807, 2.05) is 4.90 Å². The van der Waals surface area contributed by atoms with Gasteiger partial charge >= 0.3 is 0 Å². The number of hydrogen-bond donors (Lipinski definition) is 1.